The molecule has 0 bridgehead atoms. The molecular formula is C13H9F3N2S. The Bertz CT molecular complexity index is 712. The molecule has 19 heavy (non-hydrogen) atoms. The molecule has 0 aliphatic heterocycles. The van der Waals surface area contributed by atoms with E-state index in [1.165, 1.54) is 5.38 Å². The molecule has 0 fully saturated rings. The van der Waals surface area contributed by atoms with Gasteiger partial charge in [-0.3, -0.25) is 0 Å². The van der Waals surface area contributed by atoms with E-state index in [0.29, 0.717) is 23.6 Å². The molecule has 0 aliphatic rings. The molecule has 3 rings (SSSR count). The number of benzene rings is 1. The Hall–Kier alpha value is -1.82. The molecule has 0 saturated heterocycles. The van der Waals surface area contributed by atoms with Crippen molar-refractivity contribution in [1.82, 2.24) is 9.55 Å². The van der Waals surface area contributed by atoms with Gasteiger partial charge in [0.1, 0.15) is 0 Å². The fourth-order valence-corrected chi connectivity index (χ4v) is 2.64. The smallest absolute Gasteiger partial charge is 0.341 e. The fourth-order valence-electron chi connectivity index (χ4n) is 1.96. The van der Waals surface area contributed by atoms with Crippen LogP contribution in [0.5, 0.6) is 0 Å². The van der Waals surface area contributed by atoms with Gasteiger partial charge in [-0.15, -0.1) is 11.3 Å². The Morgan fingerprint density at radius 2 is 1.95 bits per heavy atom. The number of nitrogens with zero attached hydrogens (tertiary/aromatic N) is 2. The molecule has 3 aromatic rings. The average Bonchev–Trinajstić information content (AvgIpc) is 2.97. The van der Waals surface area contributed by atoms with E-state index in [-0.39, 0.29) is 0 Å². The third kappa shape index (κ3) is 2.35. The van der Waals surface area contributed by atoms with Gasteiger partial charge in [-0.25, -0.2) is 4.98 Å². The van der Waals surface area contributed by atoms with E-state index >= 15 is 0 Å². The number of rotatable bonds is 2. The molecule has 2 heterocycles. The number of hydrogen-bond donors (Lipinski definition) is 0. The fraction of sp³-hybridized carbons (Fsp3) is 0.154. The van der Waals surface area contributed by atoms with Gasteiger partial charge in [0.05, 0.1) is 12.2 Å². The van der Waals surface area contributed by atoms with Crippen molar-refractivity contribution in [2.75, 3.05) is 0 Å². The zero-order valence-corrected chi connectivity index (χ0v) is 10.5. The van der Waals surface area contributed by atoms with Gasteiger partial charge in [-0.05, 0) is 17.5 Å². The van der Waals surface area contributed by atoms with Crippen molar-refractivity contribution < 1.29 is 13.2 Å². The lowest BCUT2D eigenvalue weighted by molar-refractivity contribution is -0.137. The van der Waals surface area contributed by atoms with Gasteiger partial charge < -0.3 is 4.57 Å². The number of aromatic nitrogens is 2. The Morgan fingerprint density at radius 3 is 2.68 bits per heavy atom. The van der Waals surface area contributed by atoms with Crippen molar-refractivity contribution >= 4 is 22.2 Å². The molecule has 0 unspecified atom stereocenters. The van der Waals surface area contributed by atoms with Crippen molar-refractivity contribution in [2.24, 2.45) is 0 Å². The van der Waals surface area contributed by atoms with Gasteiger partial charge >= 0.3 is 6.18 Å². The van der Waals surface area contributed by atoms with Gasteiger partial charge in [-0.1, -0.05) is 18.2 Å². The average molecular weight is 282 g/mol. The van der Waals surface area contributed by atoms with Crippen LogP contribution in [0.25, 0.3) is 10.9 Å². The van der Waals surface area contributed by atoms with E-state index in [1.807, 2.05) is 41.1 Å². The van der Waals surface area contributed by atoms with Gasteiger partial charge in [0.15, 0.2) is 5.01 Å². The zero-order valence-electron chi connectivity index (χ0n) is 9.69. The van der Waals surface area contributed by atoms with E-state index in [0.717, 1.165) is 10.9 Å². The zero-order chi connectivity index (χ0) is 13.5. The summed E-state index contributed by atoms with van der Waals surface area (Å²) >= 11 is 0.634. The Balaban J connectivity index is 1.91. The first kappa shape index (κ1) is 12.2. The number of fused-ring (bicyclic) bond motifs is 1. The molecule has 2 aromatic heterocycles. The molecule has 0 N–H and O–H groups in total. The molecule has 98 valence electrons. The van der Waals surface area contributed by atoms with Crippen LogP contribution in [0.15, 0.2) is 41.9 Å². The number of para-hydroxylation sites is 1. The second-order valence-corrected chi connectivity index (χ2v) is 5.00. The van der Waals surface area contributed by atoms with Gasteiger partial charge in [0.2, 0.25) is 0 Å². The van der Waals surface area contributed by atoms with E-state index in [4.69, 9.17) is 0 Å². The van der Waals surface area contributed by atoms with Crippen LogP contribution in [-0.2, 0) is 12.7 Å². The Morgan fingerprint density at radius 1 is 1.16 bits per heavy atom. The number of hydrogen-bond acceptors (Lipinski definition) is 2. The highest BCUT2D eigenvalue weighted by molar-refractivity contribution is 7.09. The Labute approximate surface area is 111 Å². The summed E-state index contributed by atoms with van der Waals surface area (Å²) in [5, 5.41) is 1.73. The van der Waals surface area contributed by atoms with Crippen LogP contribution < -0.4 is 0 Å². The van der Waals surface area contributed by atoms with Gasteiger partial charge in [-0.2, -0.15) is 13.2 Å². The maximum Gasteiger partial charge on any atom is 0.443 e. The van der Waals surface area contributed by atoms with E-state index in [1.54, 1.807) is 0 Å². The van der Waals surface area contributed by atoms with E-state index in [2.05, 4.69) is 4.98 Å². The largest absolute Gasteiger partial charge is 0.443 e. The van der Waals surface area contributed by atoms with Crippen LogP contribution in [0.1, 0.15) is 10.7 Å². The molecule has 0 atom stereocenters. The number of alkyl halides is 3. The highest BCUT2D eigenvalue weighted by Crippen LogP contribution is 2.31. The van der Waals surface area contributed by atoms with E-state index in [9.17, 15) is 13.2 Å². The molecule has 0 radical (unpaired) electrons. The van der Waals surface area contributed by atoms with Crippen LogP contribution >= 0.6 is 11.3 Å². The van der Waals surface area contributed by atoms with Crippen molar-refractivity contribution in [1.29, 1.82) is 0 Å². The predicted octanol–water partition coefficient (Wildman–Crippen LogP) is 4.16. The summed E-state index contributed by atoms with van der Waals surface area (Å²) in [6, 6.07) is 9.67. The maximum atomic E-state index is 12.5. The summed E-state index contributed by atoms with van der Waals surface area (Å²) in [6.07, 6.45) is -2.50. The third-order valence-corrected chi connectivity index (χ3v) is 3.74. The lowest BCUT2D eigenvalue weighted by Gasteiger charge is -2.03. The SMILES string of the molecule is FC(F)(F)c1nc(Cn2ccc3ccccc32)cs1. The molecule has 1 aromatic carbocycles. The minimum atomic E-state index is -4.36. The lowest BCUT2D eigenvalue weighted by atomic mass is 10.2. The molecule has 0 spiro atoms. The van der Waals surface area contributed by atoms with Crippen molar-refractivity contribution in [3.8, 4) is 0 Å². The number of thiazole rings is 1. The first-order valence-corrected chi connectivity index (χ1v) is 6.47. The second-order valence-electron chi connectivity index (χ2n) is 4.14. The number of halogens is 3. The monoisotopic (exact) mass is 282 g/mol. The minimum Gasteiger partial charge on any atom is -0.341 e. The van der Waals surface area contributed by atoms with Crippen LogP contribution in [0.3, 0.4) is 0 Å². The lowest BCUT2D eigenvalue weighted by Crippen LogP contribution is -2.05. The highest BCUT2D eigenvalue weighted by Gasteiger charge is 2.34. The van der Waals surface area contributed by atoms with Crippen LogP contribution in [0, 0.1) is 0 Å². The summed E-state index contributed by atoms with van der Waals surface area (Å²) in [5.74, 6) is 0. The van der Waals surface area contributed by atoms with E-state index < -0.39 is 11.2 Å². The molecule has 6 heteroatoms. The third-order valence-electron chi connectivity index (χ3n) is 2.81. The molecule has 0 aliphatic carbocycles. The topological polar surface area (TPSA) is 17.8 Å². The maximum absolute atomic E-state index is 12.5. The van der Waals surface area contributed by atoms with Crippen molar-refractivity contribution in [3.05, 3.63) is 52.6 Å². The molecule has 0 amide bonds. The normalized spacial score (nSPS) is 12.2. The van der Waals surface area contributed by atoms with Crippen LogP contribution in [-0.4, -0.2) is 9.55 Å². The van der Waals surface area contributed by atoms with Crippen LogP contribution in [0.2, 0.25) is 0 Å². The van der Waals surface area contributed by atoms with Crippen LogP contribution in [0.4, 0.5) is 13.2 Å². The predicted molar refractivity (Wildman–Crippen MR) is 68.2 cm³/mol. The van der Waals surface area contributed by atoms with Crippen molar-refractivity contribution in [3.63, 3.8) is 0 Å². The van der Waals surface area contributed by atoms with Gasteiger partial charge in [0, 0.05) is 17.1 Å². The summed E-state index contributed by atoms with van der Waals surface area (Å²) in [4.78, 5) is 3.64. The standard InChI is InChI=1S/C13H9F3N2S/c14-13(15,16)12-17-10(8-19-12)7-18-6-5-9-3-1-2-4-11(9)18/h1-6,8H,7H2. The molecule has 0 saturated carbocycles. The summed E-state index contributed by atoms with van der Waals surface area (Å²) in [7, 11) is 0. The first-order valence-electron chi connectivity index (χ1n) is 5.59. The summed E-state index contributed by atoms with van der Waals surface area (Å²) < 4.78 is 39.3. The second kappa shape index (κ2) is 4.38. The Kier molecular flexibility index (Phi) is 2.82. The highest BCUT2D eigenvalue weighted by atomic mass is 32.1. The van der Waals surface area contributed by atoms with Crippen molar-refractivity contribution in [2.45, 2.75) is 12.7 Å². The quantitative estimate of drug-likeness (QED) is 0.690. The summed E-state index contributed by atoms with van der Waals surface area (Å²) in [5.41, 5.74) is 1.42. The summed E-state index contributed by atoms with van der Waals surface area (Å²) in [6.45, 7) is 0.347. The van der Waals surface area contributed by atoms with Gasteiger partial charge in [0.25, 0.3) is 0 Å². The minimum absolute atomic E-state index is 0.347. The first-order chi connectivity index (χ1) is 9.04. The molecular weight excluding hydrogens is 273 g/mol. The molecule has 2 nitrogen and oxygen atoms in total.